The topological polar surface area (TPSA) is 39.8 Å². The summed E-state index contributed by atoms with van der Waals surface area (Å²) < 4.78 is 16.7. The van der Waals surface area contributed by atoms with E-state index in [-0.39, 0.29) is 5.82 Å². The molecule has 96 valence electrons. The van der Waals surface area contributed by atoms with Crippen molar-refractivity contribution in [2.24, 2.45) is 7.05 Å². The zero-order valence-electron chi connectivity index (χ0n) is 10.6. The summed E-state index contributed by atoms with van der Waals surface area (Å²) in [5, 5.41) is 5.04. The van der Waals surface area contributed by atoms with E-state index in [0.717, 1.165) is 17.2 Å². The highest BCUT2D eigenvalue weighted by Gasteiger charge is 2.15. The van der Waals surface area contributed by atoms with Gasteiger partial charge in [-0.05, 0) is 31.2 Å². The van der Waals surface area contributed by atoms with Gasteiger partial charge in [-0.15, -0.1) is 0 Å². The Hall–Kier alpha value is -2.43. The second kappa shape index (κ2) is 4.05. The number of fused-ring (bicyclic) bond motifs is 1. The van der Waals surface area contributed by atoms with Crippen LogP contribution >= 0.6 is 0 Å². The molecule has 0 fully saturated rings. The maximum absolute atomic E-state index is 13.2. The monoisotopic (exact) mass is 257 g/mol. The van der Waals surface area contributed by atoms with Crippen molar-refractivity contribution < 1.29 is 9.18 Å². The van der Waals surface area contributed by atoms with Gasteiger partial charge in [0.25, 0.3) is 0 Å². The predicted molar refractivity (Wildman–Crippen MR) is 70.1 cm³/mol. The second-order valence-electron chi connectivity index (χ2n) is 4.45. The minimum atomic E-state index is -0.276. The SMILES string of the molecule is Cc1nn(C)c(-n2ccc3cc(F)ccc32)c1C=O. The summed E-state index contributed by atoms with van der Waals surface area (Å²) in [7, 11) is 1.78. The van der Waals surface area contributed by atoms with Crippen molar-refractivity contribution >= 4 is 17.2 Å². The Morgan fingerprint density at radius 2 is 2.11 bits per heavy atom. The van der Waals surface area contributed by atoms with Crippen molar-refractivity contribution in [3.05, 3.63) is 47.5 Å². The molecule has 4 nitrogen and oxygen atoms in total. The fraction of sp³-hybridized carbons (Fsp3) is 0.143. The van der Waals surface area contributed by atoms with Crippen LogP contribution in [0.2, 0.25) is 0 Å². The molecule has 0 saturated carbocycles. The maximum Gasteiger partial charge on any atom is 0.155 e. The van der Waals surface area contributed by atoms with E-state index in [1.807, 2.05) is 16.8 Å². The molecule has 0 unspecified atom stereocenters. The second-order valence-corrected chi connectivity index (χ2v) is 4.45. The molecule has 2 aromatic heterocycles. The first-order valence-electron chi connectivity index (χ1n) is 5.87. The van der Waals surface area contributed by atoms with Crippen LogP contribution in [0.1, 0.15) is 16.1 Å². The van der Waals surface area contributed by atoms with Crippen LogP contribution in [0, 0.1) is 12.7 Å². The lowest BCUT2D eigenvalue weighted by Gasteiger charge is -2.06. The summed E-state index contributed by atoms with van der Waals surface area (Å²) in [5.41, 5.74) is 2.06. The lowest BCUT2D eigenvalue weighted by molar-refractivity contribution is 0.112. The van der Waals surface area contributed by atoms with Crippen molar-refractivity contribution in [1.29, 1.82) is 0 Å². The predicted octanol–water partition coefficient (Wildman–Crippen LogP) is 2.62. The smallest absolute Gasteiger partial charge is 0.155 e. The molecule has 2 heterocycles. The van der Waals surface area contributed by atoms with Gasteiger partial charge in [0, 0.05) is 18.6 Å². The fourth-order valence-electron chi connectivity index (χ4n) is 2.38. The van der Waals surface area contributed by atoms with E-state index in [0.29, 0.717) is 17.1 Å². The van der Waals surface area contributed by atoms with Gasteiger partial charge in [-0.2, -0.15) is 5.10 Å². The van der Waals surface area contributed by atoms with Gasteiger partial charge < -0.3 is 4.57 Å². The van der Waals surface area contributed by atoms with Gasteiger partial charge in [-0.1, -0.05) is 0 Å². The third-order valence-electron chi connectivity index (χ3n) is 3.24. The van der Waals surface area contributed by atoms with Crippen LogP contribution in [0.5, 0.6) is 0 Å². The standard InChI is InChI=1S/C14H12FN3O/c1-9-12(8-19)14(17(2)16-9)18-6-5-10-7-11(15)3-4-13(10)18/h3-8H,1-2H3. The molecule has 0 N–H and O–H groups in total. The molecule has 3 rings (SSSR count). The zero-order valence-corrected chi connectivity index (χ0v) is 10.6. The van der Waals surface area contributed by atoms with Crippen molar-refractivity contribution in [3.63, 3.8) is 0 Å². The van der Waals surface area contributed by atoms with E-state index in [1.54, 1.807) is 24.7 Å². The number of rotatable bonds is 2. The number of benzene rings is 1. The summed E-state index contributed by atoms with van der Waals surface area (Å²) in [5.74, 6) is 0.413. The lowest BCUT2D eigenvalue weighted by Crippen LogP contribution is -2.03. The fourth-order valence-corrected chi connectivity index (χ4v) is 2.38. The van der Waals surface area contributed by atoms with Crippen LogP contribution in [0.4, 0.5) is 4.39 Å². The van der Waals surface area contributed by atoms with Crippen LogP contribution in [-0.2, 0) is 7.05 Å². The number of carbonyl (C=O) groups is 1. The third-order valence-corrected chi connectivity index (χ3v) is 3.24. The first-order chi connectivity index (χ1) is 9.11. The van der Waals surface area contributed by atoms with Crippen LogP contribution in [0.25, 0.3) is 16.7 Å². The Bertz CT molecular complexity index is 785. The lowest BCUT2D eigenvalue weighted by atomic mass is 10.2. The van der Waals surface area contributed by atoms with Crippen LogP contribution in [0.3, 0.4) is 0 Å². The number of hydrogen-bond acceptors (Lipinski definition) is 2. The molecule has 5 heteroatoms. The van der Waals surface area contributed by atoms with Gasteiger partial charge in [0.2, 0.25) is 0 Å². The molecule has 0 atom stereocenters. The van der Waals surface area contributed by atoms with E-state index in [1.165, 1.54) is 12.1 Å². The first-order valence-corrected chi connectivity index (χ1v) is 5.87. The third kappa shape index (κ3) is 1.66. The van der Waals surface area contributed by atoms with Crippen LogP contribution in [-0.4, -0.2) is 20.6 Å². The Morgan fingerprint density at radius 3 is 2.84 bits per heavy atom. The van der Waals surface area contributed by atoms with Crippen LogP contribution < -0.4 is 0 Å². The normalized spacial score (nSPS) is 11.1. The summed E-state index contributed by atoms with van der Waals surface area (Å²) in [6, 6.07) is 6.38. The Kier molecular flexibility index (Phi) is 2.48. The summed E-state index contributed by atoms with van der Waals surface area (Å²) in [6.07, 6.45) is 2.61. The average molecular weight is 257 g/mol. The highest BCUT2D eigenvalue weighted by Crippen LogP contribution is 2.24. The number of halogens is 1. The number of aryl methyl sites for hydroxylation is 2. The highest BCUT2D eigenvalue weighted by atomic mass is 19.1. The van der Waals surface area contributed by atoms with E-state index in [9.17, 15) is 9.18 Å². The number of nitrogens with zero attached hydrogens (tertiary/aromatic N) is 3. The Morgan fingerprint density at radius 1 is 1.32 bits per heavy atom. The largest absolute Gasteiger partial charge is 0.301 e. The Labute approximate surface area is 109 Å². The number of carbonyl (C=O) groups excluding carboxylic acids is 1. The van der Waals surface area contributed by atoms with Gasteiger partial charge in [0.1, 0.15) is 11.6 Å². The number of aromatic nitrogens is 3. The summed E-state index contributed by atoms with van der Waals surface area (Å²) in [4.78, 5) is 11.2. The minimum absolute atomic E-state index is 0.276. The molecule has 0 amide bonds. The number of hydrogen-bond donors (Lipinski definition) is 0. The quantitative estimate of drug-likeness (QED) is 0.662. The van der Waals surface area contributed by atoms with Crippen molar-refractivity contribution in [1.82, 2.24) is 14.3 Å². The average Bonchev–Trinajstić information content (AvgIpc) is 2.89. The molecule has 0 saturated heterocycles. The van der Waals surface area contributed by atoms with E-state index in [4.69, 9.17) is 0 Å². The molecule has 3 aromatic rings. The van der Waals surface area contributed by atoms with E-state index >= 15 is 0 Å². The van der Waals surface area contributed by atoms with Gasteiger partial charge in [0.05, 0.1) is 16.8 Å². The molecule has 0 aliphatic carbocycles. The molecule has 0 aliphatic rings. The van der Waals surface area contributed by atoms with Crippen molar-refractivity contribution in [3.8, 4) is 5.82 Å². The van der Waals surface area contributed by atoms with Crippen molar-refractivity contribution in [2.45, 2.75) is 6.92 Å². The van der Waals surface area contributed by atoms with Gasteiger partial charge in [0.15, 0.2) is 6.29 Å². The highest BCUT2D eigenvalue weighted by molar-refractivity contribution is 5.86. The minimum Gasteiger partial charge on any atom is -0.301 e. The molecule has 0 bridgehead atoms. The summed E-state index contributed by atoms with van der Waals surface area (Å²) in [6.45, 7) is 1.79. The molecular weight excluding hydrogens is 245 g/mol. The summed E-state index contributed by atoms with van der Waals surface area (Å²) >= 11 is 0. The molecular formula is C14H12FN3O. The van der Waals surface area contributed by atoms with Gasteiger partial charge in [-0.25, -0.2) is 4.39 Å². The van der Waals surface area contributed by atoms with Gasteiger partial charge in [-0.3, -0.25) is 9.48 Å². The number of aldehydes is 1. The molecule has 0 spiro atoms. The maximum atomic E-state index is 13.2. The zero-order chi connectivity index (χ0) is 13.6. The molecule has 19 heavy (non-hydrogen) atoms. The van der Waals surface area contributed by atoms with Crippen LogP contribution in [0.15, 0.2) is 30.5 Å². The van der Waals surface area contributed by atoms with E-state index < -0.39 is 0 Å². The van der Waals surface area contributed by atoms with Crippen molar-refractivity contribution in [2.75, 3.05) is 0 Å². The molecule has 0 aliphatic heterocycles. The molecule has 1 aromatic carbocycles. The Balaban J connectivity index is 2.33. The van der Waals surface area contributed by atoms with Gasteiger partial charge >= 0.3 is 0 Å². The first kappa shape index (κ1) is 11.6. The van der Waals surface area contributed by atoms with E-state index in [2.05, 4.69) is 5.10 Å². The molecule has 0 radical (unpaired) electrons.